The molecule has 0 unspecified atom stereocenters. The van der Waals surface area contributed by atoms with Gasteiger partial charge in [-0.3, -0.25) is 9.78 Å². The van der Waals surface area contributed by atoms with Crippen LogP contribution in [0.15, 0.2) is 60.8 Å². The van der Waals surface area contributed by atoms with Gasteiger partial charge in [0.2, 0.25) is 5.91 Å². The monoisotopic (exact) mass is 457 g/mol. The zero-order valence-electron chi connectivity index (χ0n) is 18.7. The SMILES string of the molecule is Cc1c(-c2ccccn2)nc2cc(F)ccc2c1Nc1cc(C(N)=O)cc(N2CCOCC2)c1. The number of hydrogen-bond acceptors (Lipinski definition) is 6. The zero-order valence-corrected chi connectivity index (χ0v) is 18.7. The van der Waals surface area contributed by atoms with Gasteiger partial charge in [0.05, 0.1) is 35.8 Å². The number of anilines is 3. The van der Waals surface area contributed by atoms with Crippen LogP contribution in [0.25, 0.3) is 22.3 Å². The standard InChI is InChI=1S/C26H24FN5O2/c1-16-24(21-6-5-18(27)14-23(21)31-25(16)22-4-2-3-7-29-22)30-19-12-17(26(28)33)13-20(15-19)32-8-10-34-11-9-32/h2-7,12-15H,8-11H2,1H3,(H2,28,33)(H,30,31). The first kappa shape index (κ1) is 21.8. The van der Waals surface area contributed by atoms with Crippen LogP contribution in [0, 0.1) is 12.7 Å². The first-order valence-electron chi connectivity index (χ1n) is 11.1. The van der Waals surface area contributed by atoms with Crippen LogP contribution in [0.4, 0.5) is 21.5 Å². The number of nitrogens with zero attached hydrogens (tertiary/aromatic N) is 3. The molecule has 1 amide bonds. The lowest BCUT2D eigenvalue weighted by Gasteiger charge is -2.29. The van der Waals surface area contributed by atoms with E-state index in [1.807, 2.05) is 31.2 Å². The number of primary amides is 1. The maximum Gasteiger partial charge on any atom is 0.248 e. The van der Waals surface area contributed by atoms with Crippen LogP contribution in [0.5, 0.6) is 0 Å². The quantitative estimate of drug-likeness (QED) is 0.461. The van der Waals surface area contributed by atoms with Crippen molar-refractivity contribution in [1.82, 2.24) is 9.97 Å². The highest BCUT2D eigenvalue weighted by molar-refractivity contribution is 5.99. The summed E-state index contributed by atoms with van der Waals surface area (Å²) in [4.78, 5) is 23.4. The summed E-state index contributed by atoms with van der Waals surface area (Å²) in [6.45, 7) is 4.64. The second-order valence-electron chi connectivity index (χ2n) is 8.19. The molecule has 8 heteroatoms. The Bertz CT molecular complexity index is 1370. The van der Waals surface area contributed by atoms with Gasteiger partial charge in [-0.15, -0.1) is 0 Å². The van der Waals surface area contributed by atoms with E-state index in [9.17, 15) is 9.18 Å². The minimum atomic E-state index is -0.509. The lowest BCUT2D eigenvalue weighted by Crippen LogP contribution is -2.36. The van der Waals surface area contributed by atoms with Crippen molar-refractivity contribution >= 4 is 33.9 Å². The van der Waals surface area contributed by atoms with Gasteiger partial charge in [-0.1, -0.05) is 6.07 Å². The van der Waals surface area contributed by atoms with E-state index in [-0.39, 0.29) is 5.82 Å². The summed E-state index contributed by atoms with van der Waals surface area (Å²) in [6.07, 6.45) is 1.70. The molecule has 172 valence electrons. The smallest absolute Gasteiger partial charge is 0.248 e. The van der Waals surface area contributed by atoms with E-state index in [0.717, 1.165) is 35.4 Å². The highest BCUT2D eigenvalue weighted by Gasteiger charge is 2.18. The van der Waals surface area contributed by atoms with Gasteiger partial charge >= 0.3 is 0 Å². The van der Waals surface area contributed by atoms with E-state index >= 15 is 0 Å². The largest absolute Gasteiger partial charge is 0.378 e. The number of nitrogens with one attached hydrogen (secondary N) is 1. The average Bonchev–Trinajstić information content (AvgIpc) is 2.86. The van der Waals surface area contributed by atoms with Crippen LogP contribution in [0.1, 0.15) is 15.9 Å². The average molecular weight is 458 g/mol. The van der Waals surface area contributed by atoms with Crippen molar-refractivity contribution in [2.75, 3.05) is 36.5 Å². The first-order chi connectivity index (χ1) is 16.5. The Hall–Kier alpha value is -4.04. The topological polar surface area (TPSA) is 93.4 Å². The number of amides is 1. The Kier molecular flexibility index (Phi) is 5.81. The molecule has 0 spiro atoms. The lowest BCUT2D eigenvalue weighted by atomic mass is 10.0. The van der Waals surface area contributed by atoms with Gasteiger partial charge in [-0.2, -0.15) is 0 Å². The number of rotatable bonds is 5. The fourth-order valence-electron chi connectivity index (χ4n) is 4.22. The van der Waals surface area contributed by atoms with Crippen molar-refractivity contribution in [3.05, 3.63) is 77.7 Å². The number of nitrogens with two attached hydrogens (primary N) is 1. The molecule has 2 aromatic heterocycles. The molecule has 3 N–H and O–H groups in total. The molecule has 0 saturated carbocycles. The van der Waals surface area contributed by atoms with E-state index in [1.54, 1.807) is 24.4 Å². The number of benzene rings is 2. The van der Waals surface area contributed by atoms with Crippen LogP contribution in [-0.2, 0) is 4.74 Å². The third-order valence-electron chi connectivity index (χ3n) is 5.95. The molecule has 0 atom stereocenters. The highest BCUT2D eigenvalue weighted by atomic mass is 19.1. The molecule has 5 rings (SSSR count). The van der Waals surface area contributed by atoms with Crippen molar-refractivity contribution in [3.63, 3.8) is 0 Å². The van der Waals surface area contributed by atoms with Crippen molar-refractivity contribution in [2.24, 2.45) is 5.73 Å². The van der Waals surface area contributed by atoms with Gasteiger partial charge in [-0.05, 0) is 49.4 Å². The van der Waals surface area contributed by atoms with Gasteiger partial charge in [0, 0.05) is 53.2 Å². The van der Waals surface area contributed by atoms with Crippen molar-refractivity contribution in [1.29, 1.82) is 0 Å². The Labute approximate surface area is 196 Å². The fourth-order valence-corrected chi connectivity index (χ4v) is 4.22. The number of morpholine rings is 1. The number of hydrogen-bond donors (Lipinski definition) is 2. The van der Waals surface area contributed by atoms with Crippen LogP contribution < -0.4 is 16.0 Å². The Morgan fingerprint density at radius 2 is 1.94 bits per heavy atom. The van der Waals surface area contributed by atoms with Crippen LogP contribution in [0.3, 0.4) is 0 Å². The van der Waals surface area contributed by atoms with Crippen LogP contribution >= 0.6 is 0 Å². The summed E-state index contributed by atoms with van der Waals surface area (Å²) in [5.74, 6) is -0.877. The van der Waals surface area contributed by atoms with E-state index < -0.39 is 5.91 Å². The number of carbonyl (C=O) groups excluding carboxylic acids is 1. The molecule has 4 aromatic rings. The van der Waals surface area contributed by atoms with Gasteiger partial charge in [-0.25, -0.2) is 9.37 Å². The molecule has 1 aliphatic rings. The zero-order chi connectivity index (χ0) is 23.7. The molecule has 34 heavy (non-hydrogen) atoms. The summed E-state index contributed by atoms with van der Waals surface area (Å²) in [5.41, 5.74) is 11.1. The minimum absolute atomic E-state index is 0.368. The number of pyridine rings is 2. The molecule has 3 heterocycles. The third-order valence-corrected chi connectivity index (χ3v) is 5.95. The summed E-state index contributed by atoms with van der Waals surface area (Å²) in [6, 6.07) is 15.6. The Morgan fingerprint density at radius 1 is 1.12 bits per heavy atom. The number of halogens is 1. The highest BCUT2D eigenvalue weighted by Crippen LogP contribution is 2.36. The van der Waals surface area contributed by atoms with Gasteiger partial charge in [0.15, 0.2) is 0 Å². The predicted molar refractivity (Wildman–Crippen MR) is 131 cm³/mol. The second kappa shape index (κ2) is 9.07. The fraction of sp³-hybridized carbons (Fsp3) is 0.192. The third kappa shape index (κ3) is 4.27. The molecule has 7 nitrogen and oxygen atoms in total. The predicted octanol–water partition coefficient (Wildman–Crippen LogP) is 4.42. The van der Waals surface area contributed by atoms with Crippen LogP contribution in [0.2, 0.25) is 0 Å². The van der Waals surface area contributed by atoms with E-state index in [2.05, 4.69) is 15.2 Å². The van der Waals surface area contributed by atoms with Crippen molar-refractivity contribution in [3.8, 4) is 11.4 Å². The molecule has 2 aromatic carbocycles. The molecule has 0 bridgehead atoms. The number of aromatic nitrogens is 2. The summed E-state index contributed by atoms with van der Waals surface area (Å²) in [7, 11) is 0. The minimum Gasteiger partial charge on any atom is -0.378 e. The maximum absolute atomic E-state index is 14.1. The normalized spacial score (nSPS) is 13.8. The molecule has 1 aliphatic heterocycles. The van der Waals surface area contributed by atoms with Crippen molar-refractivity contribution in [2.45, 2.75) is 6.92 Å². The molecule has 1 fully saturated rings. The van der Waals surface area contributed by atoms with Crippen molar-refractivity contribution < 1.29 is 13.9 Å². The number of fused-ring (bicyclic) bond motifs is 1. The molecule has 0 aliphatic carbocycles. The summed E-state index contributed by atoms with van der Waals surface area (Å²) < 4.78 is 19.5. The van der Waals surface area contributed by atoms with Gasteiger partial charge < -0.3 is 20.7 Å². The number of carbonyl (C=O) groups is 1. The van der Waals surface area contributed by atoms with Gasteiger partial charge in [0.1, 0.15) is 5.82 Å². The Morgan fingerprint density at radius 3 is 2.68 bits per heavy atom. The molecular weight excluding hydrogens is 433 g/mol. The molecule has 0 radical (unpaired) electrons. The second-order valence-corrected chi connectivity index (χ2v) is 8.19. The summed E-state index contributed by atoms with van der Waals surface area (Å²) in [5, 5.41) is 4.22. The van der Waals surface area contributed by atoms with E-state index in [4.69, 9.17) is 15.5 Å². The van der Waals surface area contributed by atoms with Gasteiger partial charge in [0.25, 0.3) is 0 Å². The van der Waals surface area contributed by atoms with E-state index in [1.165, 1.54) is 12.1 Å². The molecular formula is C26H24FN5O2. The lowest BCUT2D eigenvalue weighted by molar-refractivity contribution is 0.100. The van der Waals surface area contributed by atoms with Crippen LogP contribution in [-0.4, -0.2) is 42.2 Å². The summed E-state index contributed by atoms with van der Waals surface area (Å²) >= 11 is 0. The van der Waals surface area contributed by atoms with E-state index in [0.29, 0.717) is 41.4 Å². The number of ether oxygens (including phenoxy) is 1. The maximum atomic E-state index is 14.1. The first-order valence-corrected chi connectivity index (χ1v) is 11.1. The molecule has 1 saturated heterocycles. The Balaban J connectivity index is 1.65.